The fourth-order valence-corrected chi connectivity index (χ4v) is 2.70. The molecular formula is C17H21N3OS. The molecule has 5 heteroatoms. The molecule has 0 bridgehead atoms. The number of benzene rings is 1. The first-order valence-corrected chi connectivity index (χ1v) is 8.33. The highest BCUT2D eigenvalue weighted by atomic mass is 32.2. The number of rotatable bonds is 6. The number of carbonyl (C=O) groups excluding carboxylic acids is 1. The molecule has 1 atom stereocenters. The molecular weight excluding hydrogens is 294 g/mol. The summed E-state index contributed by atoms with van der Waals surface area (Å²) in [4.78, 5) is 17.1. The smallest absolute Gasteiger partial charge is 0.315 e. The highest BCUT2D eigenvalue weighted by molar-refractivity contribution is 7.99. The van der Waals surface area contributed by atoms with Gasteiger partial charge in [0.1, 0.15) is 0 Å². The minimum atomic E-state index is -0.170. The van der Waals surface area contributed by atoms with Gasteiger partial charge >= 0.3 is 6.03 Å². The lowest BCUT2D eigenvalue weighted by molar-refractivity contribution is 0.237. The molecule has 0 aliphatic heterocycles. The van der Waals surface area contributed by atoms with Gasteiger partial charge in [-0.25, -0.2) is 4.79 Å². The monoisotopic (exact) mass is 315 g/mol. The van der Waals surface area contributed by atoms with Crippen molar-refractivity contribution in [2.75, 3.05) is 5.75 Å². The molecule has 0 aliphatic rings. The van der Waals surface area contributed by atoms with E-state index in [1.807, 2.05) is 30.8 Å². The zero-order valence-corrected chi connectivity index (χ0v) is 13.7. The predicted octanol–water partition coefficient (Wildman–Crippen LogP) is 3.75. The standard InChI is InChI=1S/C17H21N3OS/c1-3-22-16-6-4-15(5-7-16)13(2)20-17(21)19-12-14-8-10-18-11-9-14/h4-11,13H,3,12H2,1-2H3,(H2,19,20,21)/t13-/m0/s1. The number of hydrogen-bond donors (Lipinski definition) is 2. The number of amides is 2. The van der Waals surface area contributed by atoms with Gasteiger partial charge in [0.25, 0.3) is 0 Å². The van der Waals surface area contributed by atoms with Gasteiger partial charge in [0, 0.05) is 23.8 Å². The summed E-state index contributed by atoms with van der Waals surface area (Å²) in [7, 11) is 0. The molecule has 1 heterocycles. The third-order valence-electron chi connectivity index (χ3n) is 3.24. The molecule has 2 amide bonds. The number of hydrogen-bond acceptors (Lipinski definition) is 3. The maximum absolute atomic E-state index is 11.9. The van der Waals surface area contributed by atoms with Gasteiger partial charge < -0.3 is 10.6 Å². The van der Waals surface area contributed by atoms with Crippen LogP contribution in [0.5, 0.6) is 0 Å². The summed E-state index contributed by atoms with van der Waals surface area (Å²) in [5, 5.41) is 5.79. The van der Waals surface area contributed by atoms with Crippen molar-refractivity contribution >= 4 is 17.8 Å². The van der Waals surface area contributed by atoms with Crippen molar-refractivity contribution in [3.05, 3.63) is 59.9 Å². The van der Waals surface area contributed by atoms with Gasteiger partial charge in [0.15, 0.2) is 0 Å². The molecule has 1 aromatic carbocycles. The summed E-state index contributed by atoms with van der Waals surface area (Å²) in [5.74, 6) is 1.06. The van der Waals surface area contributed by atoms with Crippen LogP contribution in [0.25, 0.3) is 0 Å². The lowest BCUT2D eigenvalue weighted by Crippen LogP contribution is -2.36. The first-order chi connectivity index (χ1) is 10.7. The minimum Gasteiger partial charge on any atom is -0.334 e. The van der Waals surface area contributed by atoms with Crippen molar-refractivity contribution in [2.45, 2.75) is 31.3 Å². The fraction of sp³-hybridized carbons (Fsp3) is 0.294. The molecule has 2 aromatic rings. The molecule has 0 radical (unpaired) electrons. The number of thioether (sulfide) groups is 1. The van der Waals surface area contributed by atoms with E-state index in [0.717, 1.165) is 16.9 Å². The average Bonchev–Trinajstić information content (AvgIpc) is 2.55. The van der Waals surface area contributed by atoms with E-state index in [4.69, 9.17) is 0 Å². The lowest BCUT2D eigenvalue weighted by atomic mass is 10.1. The predicted molar refractivity (Wildman–Crippen MR) is 90.9 cm³/mol. The molecule has 0 aliphatic carbocycles. The second-order valence-corrected chi connectivity index (χ2v) is 6.24. The molecule has 0 fully saturated rings. The van der Waals surface area contributed by atoms with Crippen LogP contribution in [0, 0.1) is 0 Å². The second kappa shape index (κ2) is 8.44. The van der Waals surface area contributed by atoms with Gasteiger partial charge in [0.2, 0.25) is 0 Å². The van der Waals surface area contributed by atoms with E-state index in [1.54, 1.807) is 12.4 Å². The summed E-state index contributed by atoms with van der Waals surface area (Å²) >= 11 is 1.81. The van der Waals surface area contributed by atoms with Crippen molar-refractivity contribution in [1.29, 1.82) is 0 Å². The van der Waals surface area contributed by atoms with E-state index < -0.39 is 0 Å². The van der Waals surface area contributed by atoms with Crippen molar-refractivity contribution in [1.82, 2.24) is 15.6 Å². The van der Waals surface area contributed by atoms with Crippen LogP contribution in [0.1, 0.15) is 31.0 Å². The van der Waals surface area contributed by atoms with Gasteiger partial charge in [-0.2, -0.15) is 0 Å². The molecule has 0 saturated heterocycles. The number of pyridine rings is 1. The zero-order valence-electron chi connectivity index (χ0n) is 12.9. The Morgan fingerprint density at radius 2 is 1.86 bits per heavy atom. The molecule has 1 aromatic heterocycles. The SMILES string of the molecule is CCSc1ccc([C@H](C)NC(=O)NCc2ccncc2)cc1. The molecule has 0 saturated carbocycles. The molecule has 2 rings (SSSR count). The highest BCUT2D eigenvalue weighted by Gasteiger charge is 2.09. The Hall–Kier alpha value is -2.01. The third-order valence-corrected chi connectivity index (χ3v) is 4.14. The van der Waals surface area contributed by atoms with Gasteiger partial charge in [-0.3, -0.25) is 4.98 Å². The lowest BCUT2D eigenvalue weighted by Gasteiger charge is -2.15. The molecule has 116 valence electrons. The molecule has 22 heavy (non-hydrogen) atoms. The third kappa shape index (κ3) is 5.07. The van der Waals surface area contributed by atoms with Crippen LogP contribution in [0.3, 0.4) is 0 Å². The van der Waals surface area contributed by atoms with E-state index in [1.165, 1.54) is 4.90 Å². The molecule has 0 unspecified atom stereocenters. The number of aromatic nitrogens is 1. The van der Waals surface area contributed by atoms with E-state index in [-0.39, 0.29) is 12.1 Å². The van der Waals surface area contributed by atoms with Crippen LogP contribution >= 0.6 is 11.8 Å². The Bertz CT molecular complexity index is 587. The van der Waals surface area contributed by atoms with Crippen molar-refractivity contribution < 1.29 is 4.79 Å². The second-order valence-electron chi connectivity index (χ2n) is 4.91. The minimum absolute atomic E-state index is 0.0295. The normalized spacial score (nSPS) is 11.7. The fourth-order valence-electron chi connectivity index (χ4n) is 2.03. The molecule has 4 nitrogen and oxygen atoms in total. The van der Waals surface area contributed by atoms with E-state index in [0.29, 0.717) is 6.54 Å². The summed E-state index contributed by atoms with van der Waals surface area (Å²) in [5.41, 5.74) is 2.12. The maximum atomic E-state index is 11.9. The number of nitrogens with one attached hydrogen (secondary N) is 2. The van der Waals surface area contributed by atoms with Crippen LogP contribution in [0.15, 0.2) is 53.7 Å². The zero-order chi connectivity index (χ0) is 15.8. The van der Waals surface area contributed by atoms with Crippen LogP contribution in [0.4, 0.5) is 4.79 Å². The van der Waals surface area contributed by atoms with Crippen LogP contribution in [-0.2, 0) is 6.54 Å². The van der Waals surface area contributed by atoms with Crippen LogP contribution in [-0.4, -0.2) is 16.8 Å². The highest BCUT2D eigenvalue weighted by Crippen LogP contribution is 2.20. The Labute approximate surface area is 135 Å². The van der Waals surface area contributed by atoms with Crippen LogP contribution in [0.2, 0.25) is 0 Å². The average molecular weight is 315 g/mol. The first-order valence-electron chi connectivity index (χ1n) is 7.35. The van der Waals surface area contributed by atoms with Crippen molar-refractivity contribution in [3.63, 3.8) is 0 Å². The summed E-state index contributed by atoms with van der Waals surface area (Å²) in [6, 6.07) is 11.9. The van der Waals surface area contributed by atoms with Crippen LogP contribution < -0.4 is 10.6 Å². The number of nitrogens with zero attached hydrogens (tertiary/aromatic N) is 1. The Kier molecular flexibility index (Phi) is 6.27. The number of carbonyl (C=O) groups is 1. The van der Waals surface area contributed by atoms with E-state index in [2.05, 4.69) is 46.8 Å². The van der Waals surface area contributed by atoms with E-state index >= 15 is 0 Å². The van der Waals surface area contributed by atoms with Gasteiger partial charge in [0.05, 0.1) is 6.04 Å². The Balaban J connectivity index is 1.82. The Morgan fingerprint density at radius 1 is 1.18 bits per heavy atom. The molecule has 0 spiro atoms. The summed E-state index contributed by atoms with van der Waals surface area (Å²) in [6.45, 7) is 4.61. The topological polar surface area (TPSA) is 54.0 Å². The summed E-state index contributed by atoms with van der Waals surface area (Å²) in [6.07, 6.45) is 3.43. The molecule has 2 N–H and O–H groups in total. The Morgan fingerprint density at radius 3 is 2.50 bits per heavy atom. The van der Waals surface area contributed by atoms with Crippen molar-refractivity contribution in [2.24, 2.45) is 0 Å². The van der Waals surface area contributed by atoms with Gasteiger partial charge in [-0.1, -0.05) is 19.1 Å². The largest absolute Gasteiger partial charge is 0.334 e. The van der Waals surface area contributed by atoms with Crippen molar-refractivity contribution in [3.8, 4) is 0 Å². The quantitative estimate of drug-likeness (QED) is 0.798. The summed E-state index contributed by atoms with van der Waals surface area (Å²) < 4.78 is 0. The maximum Gasteiger partial charge on any atom is 0.315 e. The van der Waals surface area contributed by atoms with Gasteiger partial charge in [-0.15, -0.1) is 11.8 Å². The first kappa shape index (κ1) is 16.4. The van der Waals surface area contributed by atoms with Gasteiger partial charge in [-0.05, 0) is 48.1 Å². The van der Waals surface area contributed by atoms with E-state index in [9.17, 15) is 4.79 Å². The number of urea groups is 1.